The van der Waals surface area contributed by atoms with E-state index < -0.39 is 11.5 Å². The van der Waals surface area contributed by atoms with Crippen molar-refractivity contribution in [3.05, 3.63) is 39.5 Å². The van der Waals surface area contributed by atoms with E-state index in [0.29, 0.717) is 28.3 Å². The molecule has 2 heterocycles. The van der Waals surface area contributed by atoms with Gasteiger partial charge in [0.05, 0.1) is 17.3 Å². The number of anilines is 2. The van der Waals surface area contributed by atoms with E-state index in [1.54, 1.807) is 23.7 Å². The van der Waals surface area contributed by atoms with Gasteiger partial charge >= 0.3 is 0 Å². The molecule has 2 aliphatic rings. The molecular formula is C17H19BrN4O2. The first-order valence-electron chi connectivity index (χ1n) is 8.12. The Hall–Kier alpha value is -1.86. The van der Waals surface area contributed by atoms with E-state index in [4.69, 9.17) is 5.73 Å². The highest BCUT2D eigenvalue weighted by Crippen LogP contribution is 2.46. The topological polar surface area (TPSA) is 93.2 Å². The lowest BCUT2D eigenvalue weighted by Gasteiger charge is -2.22. The zero-order valence-corrected chi connectivity index (χ0v) is 14.9. The zero-order valence-electron chi connectivity index (χ0n) is 13.3. The normalized spacial score (nSPS) is 23.5. The van der Waals surface area contributed by atoms with E-state index in [1.807, 2.05) is 6.07 Å². The van der Waals surface area contributed by atoms with Gasteiger partial charge < -0.3 is 16.2 Å². The summed E-state index contributed by atoms with van der Waals surface area (Å²) < 4.78 is 2.58. The Morgan fingerprint density at radius 3 is 2.83 bits per heavy atom. The maximum atomic E-state index is 12.6. The number of fused-ring (bicyclic) bond motifs is 1. The quantitative estimate of drug-likeness (QED) is 0.734. The fourth-order valence-electron chi connectivity index (χ4n) is 3.95. The highest BCUT2D eigenvalue weighted by atomic mass is 79.9. The van der Waals surface area contributed by atoms with Crippen molar-refractivity contribution in [2.75, 3.05) is 11.1 Å². The first-order chi connectivity index (χ1) is 11.4. The van der Waals surface area contributed by atoms with Crippen LogP contribution in [0.3, 0.4) is 0 Å². The van der Waals surface area contributed by atoms with Crippen molar-refractivity contribution >= 4 is 33.3 Å². The van der Waals surface area contributed by atoms with Crippen molar-refractivity contribution < 1.29 is 9.90 Å². The number of rotatable bonds is 2. The number of nitrogen functional groups attached to an aromatic ring is 1. The van der Waals surface area contributed by atoms with Gasteiger partial charge in [0, 0.05) is 15.7 Å². The number of hydrogen-bond donors (Lipinski definition) is 3. The average Bonchev–Trinajstić information content (AvgIpc) is 3.21. The minimum atomic E-state index is -1.82. The van der Waals surface area contributed by atoms with Gasteiger partial charge in [0.2, 0.25) is 5.60 Å². The molecule has 4 N–H and O–H groups in total. The highest BCUT2D eigenvalue weighted by Gasteiger charge is 2.50. The molecule has 1 amide bonds. The van der Waals surface area contributed by atoms with Crippen LogP contribution >= 0.6 is 15.9 Å². The van der Waals surface area contributed by atoms with Crippen LogP contribution in [-0.4, -0.2) is 20.8 Å². The van der Waals surface area contributed by atoms with Crippen LogP contribution in [0.15, 0.2) is 22.7 Å². The van der Waals surface area contributed by atoms with Crippen molar-refractivity contribution in [2.24, 2.45) is 0 Å². The molecule has 0 radical (unpaired) electrons. The summed E-state index contributed by atoms with van der Waals surface area (Å²) in [6, 6.07) is 5.58. The van der Waals surface area contributed by atoms with Gasteiger partial charge in [-0.25, -0.2) is 4.68 Å². The molecule has 1 saturated carbocycles. The van der Waals surface area contributed by atoms with Crippen LogP contribution in [0, 0.1) is 6.92 Å². The zero-order chi connectivity index (χ0) is 17.1. The molecule has 4 rings (SSSR count). The van der Waals surface area contributed by atoms with Crippen LogP contribution in [0.1, 0.15) is 48.5 Å². The van der Waals surface area contributed by atoms with E-state index in [-0.39, 0.29) is 6.04 Å². The second kappa shape index (κ2) is 5.32. The van der Waals surface area contributed by atoms with Gasteiger partial charge in [-0.1, -0.05) is 28.8 Å². The molecule has 1 aromatic carbocycles. The van der Waals surface area contributed by atoms with Crippen molar-refractivity contribution in [1.29, 1.82) is 0 Å². The van der Waals surface area contributed by atoms with E-state index >= 15 is 0 Å². The molecule has 1 aliphatic carbocycles. The number of aromatic nitrogens is 2. The number of benzene rings is 1. The second-order valence-electron chi connectivity index (χ2n) is 6.58. The summed E-state index contributed by atoms with van der Waals surface area (Å²) in [4.78, 5) is 12.6. The second-order valence-corrected chi connectivity index (χ2v) is 7.50. The number of halogens is 1. The molecule has 1 unspecified atom stereocenters. The number of amides is 1. The number of aliphatic hydroxyl groups is 1. The maximum Gasteiger partial charge on any atom is 0.266 e. The predicted molar refractivity (Wildman–Crippen MR) is 94.7 cm³/mol. The predicted octanol–water partition coefficient (Wildman–Crippen LogP) is 2.84. The summed E-state index contributed by atoms with van der Waals surface area (Å²) in [6.07, 6.45) is 4.35. The van der Waals surface area contributed by atoms with E-state index in [9.17, 15) is 9.90 Å². The Balaban J connectivity index is 1.90. The molecule has 1 aliphatic heterocycles. The summed E-state index contributed by atoms with van der Waals surface area (Å²) in [5, 5.41) is 18.7. The Kier molecular flexibility index (Phi) is 3.47. The van der Waals surface area contributed by atoms with Crippen molar-refractivity contribution in [3.8, 4) is 0 Å². The fraction of sp³-hybridized carbons (Fsp3) is 0.412. The lowest BCUT2D eigenvalue weighted by Crippen LogP contribution is -2.36. The van der Waals surface area contributed by atoms with Gasteiger partial charge in [-0.2, -0.15) is 5.10 Å². The molecule has 1 fully saturated rings. The third kappa shape index (κ3) is 2.04. The Morgan fingerprint density at radius 1 is 1.42 bits per heavy atom. The molecule has 7 heteroatoms. The lowest BCUT2D eigenvalue weighted by atomic mass is 9.87. The van der Waals surface area contributed by atoms with E-state index in [1.165, 1.54) is 0 Å². The summed E-state index contributed by atoms with van der Waals surface area (Å²) >= 11 is 3.40. The molecule has 0 saturated heterocycles. The molecular weight excluding hydrogens is 372 g/mol. The van der Waals surface area contributed by atoms with E-state index in [0.717, 1.165) is 30.2 Å². The molecule has 126 valence electrons. The van der Waals surface area contributed by atoms with Gasteiger partial charge in [0.1, 0.15) is 5.82 Å². The Labute approximate surface area is 148 Å². The summed E-state index contributed by atoms with van der Waals surface area (Å²) in [7, 11) is 0. The molecule has 24 heavy (non-hydrogen) atoms. The lowest BCUT2D eigenvalue weighted by molar-refractivity contribution is -0.129. The summed E-state index contributed by atoms with van der Waals surface area (Å²) in [6.45, 7) is 1.79. The SMILES string of the molecule is Cc1nn(C2CCCC2)c(N)c1C1(O)C(=O)Nc2ccc(Br)cc21. The molecule has 6 nitrogen and oxygen atoms in total. The minimum absolute atomic E-state index is 0.243. The maximum absolute atomic E-state index is 12.6. The van der Waals surface area contributed by atoms with Crippen molar-refractivity contribution in [3.63, 3.8) is 0 Å². The van der Waals surface area contributed by atoms with Crippen LogP contribution in [-0.2, 0) is 10.4 Å². The molecule has 1 aromatic heterocycles. The van der Waals surface area contributed by atoms with Crippen LogP contribution < -0.4 is 11.1 Å². The number of nitrogens with one attached hydrogen (secondary N) is 1. The first-order valence-corrected chi connectivity index (χ1v) is 8.91. The van der Waals surface area contributed by atoms with Crippen LogP contribution in [0.5, 0.6) is 0 Å². The number of aryl methyl sites for hydroxylation is 1. The van der Waals surface area contributed by atoms with Crippen LogP contribution in [0.2, 0.25) is 0 Å². The van der Waals surface area contributed by atoms with Crippen molar-refractivity contribution in [2.45, 2.75) is 44.2 Å². The minimum Gasteiger partial charge on any atom is -0.384 e. The first kappa shape index (κ1) is 15.7. The Bertz CT molecular complexity index is 841. The molecule has 0 spiro atoms. The van der Waals surface area contributed by atoms with Gasteiger partial charge in [-0.05, 0) is 38.0 Å². The Morgan fingerprint density at radius 2 is 2.12 bits per heavy atom. The third-order valence-corrected chi connectivity index (χ3v) is 5.60. The summed E-state index contributed by atoms with van der Waals surface area (Å²) in [5.74, 6) is -0.110. The highest BCUT2D eigenvalue weighted by molar-refractivity contribution is 9.10. The van der Waals surface area contributed by atoms with Crippen LogP contribution in [0.4, 0.5) is 11.5 Å². The van der Waals surface area contributed by atoms with Gasteiger partial charge in [0.25, 0.3) is 5.91 Å². The molecule has 0 bridgehead atoms. The largest absolute Gasteiger partial charge is 0.384 e. The number of carbonyl (C=O) groups is 1. The molecule has 2 aromatic rings. The van der Waals surface area contributed by atoms with E-state index in [2.05, 4.69) is 26.3 Å². The number of nitrogens with two attached hydrogens (primary N) is 1. The average molecular weight is 391 g/mol. The van der Waals surface area contributed by atoms with Gasteiger partial charge in [-0.15, -0.1) is 0 Å². The third-order valence-electron chi connectivity index (χ3n) is 5.10. The molecule has 1 atom stereocenters. The number of hydrogen-bond acceptors (Lipinski definition) is 4. The number of nitrogens with zero attached hydrogens (tertiary/aromatic N) is 2. The van der Waals surface area contributed by atoms with Crippen molar-refractivity contribution in [1.82, 2.24) is 9.78 Å². The standard InChI is InChI=1S/C17H19BrN4O2/c1-9-14(15(19)22(21-9)11-4-2-3-5-11)17(24)12-8-10(18)6-7-13(12)20-16(17)23/h6-8,11,24H,2-5,19H2,1H3,(H,20,23). The fourth-order valence-corrected chi connectivity index (χ4v) is 4.31. The van der Waals surface area contributed by atoms with Crippen LogP contribution in [0.25, 0.3) is 0 Å². The summed E-state index contributed by atoms with van der Waals surface area (Å²) in [5.41, 5.74) is 6.62. The van der Waals surface area contributed by atoms with Gasteiger partial charge in [0.15, 0.2) is 0 Å². The van der Waals surface area contributed by atoms with Gasteiger partial charge in [-0.3, -0.25) is 4.79 Å². The smallest absolute Gasteiger partial charge is 0.266 e. The number of carbonyl (C=O) groups excluding carboxylic acids is 1. The monoisotopic (exact) mass is 390 g/mol.